The second-order valence-electron chi connectivity index (χ2n) is 9.78. The molecule has 0 fully saturated rings. The number of imidazole rings is 1. The van der Waals surface area contributed by atoms with E-state index < -0.39 is 29.1 Å². The van der Waals surface area contributed by atoms with Gasteiger partial charge in [-0.2, -0.15) is 9.13 Å². The number of anilines is 1. The molecule has 0 spiro atoms. The third-order valence-electron chi connectivity index (χ3n) is 4.34. The predicted octanol–water partition coefficient (Wildman–Crippen LogP) is 4.87. The van der Waals surface area contributed by atoms with Gasteiger partial charge in [-0.05, 0) is 85.5 Å². The summed E-state index contributed by atoms with van der Waals surface area (Å²) >= 11 is 6.51. The van der Waals surface area contributed by atoms with E-state index in [0.29, 0.717) is 10.9 Å². The first-order valence-electron chi connectivity index (χ1n) is 10.8. The van der Waals surface area contributed by atoms with E-state index in [0.717, 1.165) is 25.0 Å². The molecule has 36 heavy (non-hydrogen) atoms. The largest absolute Gasteiger partial charge is 0.443 e. The molecular formula is C23H25Br2N5O6. The molecule has 11 nitrogen and oxygen atoms in total. The number of aromatic nitrogens is 4. The maximum Gasteiger partial charge on any atom is 0.424 e. The highest BCUT2D eigenvalue weighted by Gasteiger charge is 2.29. The molecule has 1 N–H and O–H groups in total. The zero-order valence-electron chi connectivity index (χ0n) is 20.5. The van der Waals surface area contributed by atoms with Crippen molar-refractivity contribution in [2.75, 3.05) is 5.32 Å². The number of hydrogen-bond donors (Lipinski definition) is 1. The lowest BCUT2D eigenvalue weighted by atomic mass is 10.2. The van der Waals surface area contributed by atoms with Crippen LogP contribution in [0.4, 0.5) is 15.3 Å². The molecule has 4 rings (SSSR count). The highest BCUT2D eigenvalue weighted by atomic mass is 79.9. The third-order valence-corrected chi connectivity index (χ3v) is 5.21. The minimum atomic E-state index is -0.917. The lowest BCUT2D eigenvalue weighted by Gasteiger charge is -2.19. The molecule has 1 amide bonds. The van der Waals surface area contributed by atoms with Crippen LogP contribution in [0.15, 0.2) is 38.3 Å². The van der Waals surface area contributed by atoms with Crippen LogP contribution in [0.1, 0.15) is 47.2 Å². The summed E-state index contributed by atoms with van der Waals surface area (Å²) in [6.45, 7) is 10.1. The van der Waals surface area contributed by atoms with Crippen molar-refractivity contribution in [1.29, 1.82) is 0 Å². The summed E-state index contributed by atoms with van der Waals surface area (Å²) in [5.41, 5.74) is -0.720. The van der Waals surface area contributed by atoms with E-state index in [1.54, 1.807) is 47.7 Å². The molecule has 0 aromatic carbocycles. The van der Waals surface area contributed by atoms with Gasteiger partial charge in [0.05, 0.1) is 17.8 Å². The Labute approximate surface area is 223 Å². The number of carbonyl (C=O) groups excluding carboxylic acids is 3. The van der Waals surface area contributed by atoms with Gasteiger partial charge in [0.2, 0.25) is 5.91 Å². The van der Waals surface area contributed by atoms with Gasteiger partial charge in [0, 0.05) is 21.3 Å². The molecule has 3 aromatic heterocycles. The fraction of sp³-hybridized carbons (Fsp3) is 0.391. The number of rotatable bonds is 0. The van der Waals surface area contributed by atoms with Crippen molar-refractivity contribution >= 4 is 66.8 Å². The summed E-state index contributed by atoms with van der Waals surface area (Å²) in [5, 5.41) is 2.71. The van der Waals surface area contributed by atoms with Crippen LogP contribution >= 0.6 is 31.9 Å². The SMILES string of the molecule is CC(C)(C)OC(=O)n1c(=O)n(C(=O)OC(C)(C)C)c2ncc(Br)cc21.O=C1Cc2ncc(Br)cc2N1. The Morgan fingerprint density at radius 2 is 1.42 bits per heavy atom. The molecule has 1 aliphatic rings. The van der Waals surface area contributed by atoms with Gasteiger partial charge in [-0.15, -0.1) is 0 Å². The Bertz CT molecular complexity index is 1420. The second-order valence-corrected chi connectivity index (χ2v) is 11.6. The maximum atomic E-state index is 12.7. The molecule has 0 atom stereocenters. The Morgan fingerprint density at radius 3 is 2.00 bits per heavy atom. The van der Waals surface area contributed by atoms with Crippen LogP contribution < -0.4 is 11.0 Å². The van der Waals surface area contributed by atoms with E-state index in [1.807, 2.05) is 6.07 Å². The number of amides is 1. The van der Waals surface area contributed by atoms with Crippen LogP contribution in [0, 0.1) is 0 Å². The second kappa shape index (κ2) is 10.1. The van der Waals surface area contributed by atoms with Crippen molar-refractivity contribution in [1.82, 2.24) is 19.1 Å². The number of hydrogen-bond acceptors (Lipinski definition) is 8. The van der Waals surface area contributed by atoms with E-state index in [2.05, 4.69) is 47.1 Å². The predicted molar refractivity (Wildman–Crippen MR) is 139 cm³/mol. The van der Waals surface area contributed by atoms with Gasteiger partial charge in [0.25, 0.3) is 0 Å². The van der Waals surface area contributed by atoms with Crippen LogP contribution in [-0.2, 0) is 20.7 Å². The number of fused-ring (bicyclic) bond motifs is 2. The quantitative estimate of drug-likeness (QED) is 0.374. The fourth-order valence-corrected chi connectivity index (χ4v) is 3.72. The molecule has 4 heterocycles. The number of carbonyl (C=O) groups is 3. The average Bonchev–Trinajstić information content (AvgIpc) is 3.20. The maximum absolute atomic E-state index is 12.7. The van der Waals surface area contributed by atoms with Crippen LogP contribution in [0.3, 0.4) is 0 Å². The minimum absolute atomic E-state index is 0.00769. The zero-order valence-corrected chi connectivity index (χ0v) is 23.7. The van der Waals surface area contributed by atoms with Crippen molar-refractivity contribution in [2.45, 2.75) is 59.2 Å². The summed E-state index contributed by atoms with van der Waals surface area (Å²) in [4.78, 5) is 56.6. The Hall–Kier alpha value is -3.06. The third kappa shape index (κ3) is 6.58. The smallest absolute Gasteiger partial charge is 0.424 e. The molecule has 0 radical (unpaired) electrons. The minimum Gasteiger partial charge on any atom is -0.443 e. The summed E-state index contributed by atoms with van der Waals surface area (Å²) in [6.07, 6.45) is 1.70. The van der Waals surface area contributed by atoms with Gasteiger partial charge in [-0.1, -0.05) is 0 Å². The lowest BCUT2D eigenvalue weighted by Crippen LogP contribution is -2.38. The first kappa shape index (κ1) is 27.5. The van der Waals surface area contributed by atoms with Crippen molar-refractivity contribution in [3.63, 3.8) is 0 Å². The van der Waals surface area contributed by atoms with Crippen molar-refractivity contribution in [2.24, 2.45) is 0 Å². The van der Waals surface area contributed by atoms with E-state index in [-0.39, 0.29) is 17.1 Å². The van der Waals surface area contributed by atoms with E-state index >= 15 is 0 Å². The summed E-state index contributed by atoms with van der Waals surface area (Å²) in [5.74, 6) is 0.0191. The topological polar surface area (TPSA) is 134 Å². The van der Waals surface area contributed by atoms with Gasteiger partial charge in [0.1, 0.15) is 16.7 Å². The highest BCUT2D eigenvalue weighted by Crippen LogP contribution is 2.24. The van der Waals surface area contributed by atoms with E-state index in [9.17, 15) is 19.2 Å². The number of ether oxygens (including phenoxy) is 2. The summed E-state index contributed by atoms with van der Waals surface area (Å²) in [6, 6.07) is 3.36. The summed E-state index contributed by atoms with van der Waals surface area (Å²) in [7, 11) is 0. The Balaban J connectivity index is 0.000000270. The zero-order chi connectivity index (χ0) is 27.0. The van der Waals surface area contributed by atoms with Crippen molar-refractivity contribution < 1.29 is 23.9 Å². The van der Waals surface area contributed by atoms with Gasteiger partial charge in [-0.25, -0.2) is 19.4 Å². The van der Waals surface area contributed by atoms with Gasteiger partial charge < -0.3 is 14.8 Å². The Kier molecular flexibility index (Phi) is 7.75. The van der Waals surface area contributed by atoms with E-state index in [1.165, 1.54) is 12.3 Å². The Morgan fingerprint density at radius 1 is 0.889 bits per heavy atom. The van der Waals surface area contributed by atoms with Gasteiger partial charge in [-0.3, -0.25) is 9.78 Å². The number of halogens is 2. The first-order chi connectivity index (χ1) is 16.6. The average molecular weight is 627 g/mol. The molecule has 0 unspecified atom stereocenters. The molecule has 1 aliphatic heterocycles. The lowest BCUT2D eigenvalue weighted by molar-refractivity contribution is -0.115. The highest BCUT2D eigenvalue weighted by molar-refractivity contribution is 9.10. The molecule has 13 heteroatoms. The van der Waals surface area contributed by atoms with E-state index in [4.69, 9.17) is 9.47 Å². The van der Waals surface area contributed by atoms with Crippen LogP contribution in [0.2, 0.25) is 0 Å². The van der Waals surface area contributed by atoms with Crippen LogP contribution in [-0.4, -0.2) is 48.4 Å². The normalized spacial score (nSPS) is 12.9. The number of pyridine rings is 2. The number of nitrogens with one attached hydrogen (secondary N) is 1. The van der Waals surface area contributed by atoms with Crippen molar-refractivity contribution in [3.05, 3.63) is 49.7 Å². The monoisotopic (exact) mass is 625 g/mol. The van der Waals surface area contributed by atoms with Crippen LogP contribution in [0.25, 0.3) is 11.2 Å². The van der Waals surface area contributed by atoms with Crippen molar-refractivity contribution in [3.8, 4) is 0 Å². The first-order valence-corrected chi connectivity index (χ1v) is 12.3. The molecule has 0 bridgehead atoms. The van der Waals surface area contributed by atoms with Gasteiger partial charge >= 0.3 is 17.9 Å². The summed E-state index contributed by atoms with van der Waals surface area (Å²) < 4.78 is 13.4. The van der Waals surface area contributed by atoms with Crippen LogP contribution in [0.5, 0.6) is 0 Å². The molecule has 0 saturated heterocycles. The molecule has 3 aromatic rings. The molecule has 0 aliphatic carbocycles. The fourth-order valence-electron chi connectivity index (χ4n) is 3.07. The molecule has 192 valence electrons. The van der Waals surface area contributed by atoms with Gasteiger partial charge in [0.15, 0.2) is 5.65 Å². The standard InChI is InChI=1S/C16H20BrN3O5.C7H5BrN2O/c1-15(2,3)24-13(22)19-10-7-9(17)8-18-11(10)20(12(19)21)14(23)25-16(4,5)6;8-4-1-6-5(9-3-4)2-7(11)10-6/h7-8H,1-6H3;1,3H,2H2,(H,10,11). The number of nitrogens with zero attached hydrogens (tertiary/aromatic N) is 4. The molecular weight excluding hydrogens is 602 g/mol. The molecule has 0 saturated carbocycles.